The van der Waals surface area contributed by atoms with Crippen molar-refractivity contribution in [3.8, 4) is 17.3 Å². The van der Waals surface area contributed by atoms with Gasteiger partial charge in [-0.05, 0) is 48.9 Å². The highest BCUT2D eigenvalue weighted by atomic mass is 16.2. The number of anilines is 2. The van der Waals surface area contributed by atoms with Crippen LogP contribution >= 0.6 is 0 Å². The van der Waals surface area contributed by atoms with Crippen LogP contribution in [0.3, 0.4) is 0 Å². The molecule has 1 saturated carbocycles. The first-order valence-corrected chi connectivity index (χ1v) is 13.6. The van der Waals surface area contributed by atoms with Gasteiger partial charge in [-0.3, -0.25) is 9.59 Å². The van der Waals surface area contributed by atoms with Gasteiger partial charge in [0, 0.05) is 23.9 Å². The fraction of sp³-hybridized carbons (Fsp3) is 0.300. The van der Waals surface area contributed by atoms with Gasteiger partial charge >= 0.3 is 0 Å². The zero-order valence-corrected chi connectivity index (χ0v) is 22.7. The van der Waals surface area contributed by atoms with Crippen LogP contribution in [0.25, 0.3) is 22.3 Å². The fourth-order valence-electron chi connectivity index (χ4n) is 5.97. The maximum Gasteiger partial charge on any atom is 0.264 e. The average molecular weight is 548 g/mol. The molecule has 4 heterocycles. The summed E-state index contributed by atoms with van der Waals surface area (Å²) >= 11 is 0. The van der Waals surface area contributed by atoms with E-state index in [2.05, 4.69) is 26.3 Å². The highest BCUT2D eigenvalue weighted by Gasteiger charge is 2.49. The molecule has 0 radical (unpaired) electrons. The van der Waals surface area contributed by atoms with Gasteiger partial charge in [-0.15, -0.1) is 0 Å². The van der Waals surface area contributed by atoms with Gasteiger partial charge in [-0.2, -0.15) is 10.4 Å². The molecule has 2 amide bonds. The molecule has 6 rings (SSSR count). The molecular weight excluding hydrogens is 518 g/mol. The number of benzene rings is 1. The van der Waals surface area contributed by atoms with Gasteiger partial charge < -0.3 is 16.0 Å². The summed E-state index contributed by atoms with van der Waals surface area (Å²) in [7, 11) is 0. The quantitative estimate of drug-likeness (QED) is 0.271. The van der Waals surface area contributed by atoms with E-state index in [4.69, 9.17) is 10.8 Å². The van der Waals surface area contributed by atoms with Crippen molar-refractivity contribution in [2.75, 3.05) is 17.6 Å². The van der Waals surface area contributed by atoms with Crippen LogP contribution in [0.5, 0.6) is 0 Å². The number of allylic oxidation sites excluding steroid dienone is 1. The van der Waals surface area contributed by atoms with Gasteiger partial charge in [0.2, 0.25) is 0 Å². The van der Waals surface area contributed by atoms with Crippen LogP contribution in [0.4, 0.5) is 11.6 Å². The number of carbonyl (C=O) groups is 2. The monoisotopic (exact) mass is 547 g/mol. The molecule has 2 fully saturated rings. The second-order valence-corrected chi connectivity index (χ2v) is 10.9. The predicted octanol–water partition coefficient (Wildman–Crippen LogP) is 3.99. The molecule has 1 aromatic carbocycles. The number of nitrogens with two attached hydrogens (primary N) is 1. The molecule has 1 aliphatic carbocycles. The minimum Gasteiger partial charge on any atom is -0.383 e. The summed E-state index contributed by atoms with van der Waals surface area (Å²) in [5, 5.41) is 18.0. The minimum absolute atomic E-state index is 0.0916. The van der Waals surface area contributed by atoms with Crippen LogP contribution in [0.15, 0.2) is 66.6 Å². The van der Waals surface area contributed by atoms with E-state index in [1.807, 2.05) is 35.6 Å². The normalized spacial score (nSPS) is 20.0. The molecule has 11 nitrogen and oxygen atoms in total. The maximum atomic E-state index is 13.3. The van der Waals surface area contributed by atoms with Gasteiger partial charge in [-0.1, -0.05) is 38.1 Å². The van der Waals surface area contributed by atoms with Crippen LogP contribution in [-0.2, 0) is 4.79 Å². The number of nitrogens with zero attached hydrogens (tertiary/aromatic N) is 7. The third-order valence-corrected chi connectivity index (χ3v) is 7.72. The Labute approximate surface area is 236 Å². The third kappa shape index (κ3) is 4.78. The number of aromatic nitrogens is 5. The van der Waals surface area contributed by atoms with E-state index >= 15 is 0 Å². The summed E-state index contributed by atoms with van der Waals surface area (Å²) in [5.41, 5.74) is 8.94. The lowest BCUT2D eigenvalue weighted by molar-refractivity contribution is -0.129. The number of fused-ring (bicyclic) bond motifs is 3. The summed E-state index contributed by atoms with van der Waals surface area (Å²) in [5.74, 6) is 0.667. The number of nitrogen functional groups attached to an aromatic ring is 1. The number of amides is 2. The molecule has 3 atom stereocenters. The van der Waals surface area contributed by atoms with Crippen molar-refractivity contribution in [2.24, 2.45) is 11.8 Å². The number of nitrogens with one attached hydrogen (secondary N) is 1. The van der Waals surface area contributed by atoms with Gasteiger partial charge in [0.15, 0.2) is 5.65 Å². The first-order chi connectivity index (χ1) is 19.8. The van der Waals surface area contributed by atoms with Crippen LogP contribution in [0, 0.1) is 23.2 Å². The average Bonchev–Trinajstić information content (AvgIpc) is 3.69. The summed E-state index contributed by atoms with van der Waals surface area (Å²) < 4.78 is 1.87. The Kier molecular flexibility index (Phi) is 6.67. The number of hydrogen-bond donors (Lipinski definition) is 2. The van der Waals surface area contributed by atoms with E-state index in [0.717, 1.165) is 18.4 Å². The molecule has 4 aromatic rings. The Balaban J connectivity index is 1.32. The zero-order valence-electron chi connectivity index (χ0n) is 22.7. The summed E-state index contributed by atoms with van der Waals surface area (Å²) in [6, 6.07) is 14.2. The fourth-order valence-corrected chi connectivity index (χ4v) is 5.97. The van der Waals surface area contributed by atoms with Crippen molar-refractivity contribution in [3.05, 3.63) is 72.2 Å². The van der Waals surface area contributed by atoms with Crippen molar-refractivity contribution in [2.45, 2.75) is 38.8 Å². The number of hydrogen-bond acceptors (Lipinski definition) is 8. The largest absolute Gasteiger partial charge is 0.383 e. The molecule has 41 heavy (non-hydrogen) atoms. The van der Waals surface area contributed by atoms with E-state index in [-0.39, 0.29) is 35.4 Å². The number of carbonyl (C=O) groups excluding carboxylic acids is 2. The van der Waals surface area contributed by atoms with E-state index in [1.165, 1.54) is 6.33 Å². The van der Waals surface area contributed by atoms with Crippen molar-refractivity contribution in [1.82, 2.24) is 29.6 Å². The molecule has 2 aliphatic rings. The number of pyridine rings is 1. The van der Waals surface area contributed by atoms with E-state index in [0.29, 0.717) is 46.4 Å². The van der Waals surface area contributed by atoms with E-state index in [1.54, 1.807) is 42.6 Å². The number of likely N-dealkylation sites (tertiary alicyclic amines) is 1. The van der Waals surface area contributed by atoms with Crippen LogP contribution in [0.1, 0.15) is 43.1 Å². The molecule has 1 unspecified atom stereocenters. The SMILES string of the molecule is CC(C)/C=C(\C#N)C(=O)N1C[C@H]2CC(n3nc(-c4ccc(C(=O)Nc5ccccn5)cc4)c4c(N)ncnc43)[C@H]1C2. The molecule has 206 valence electrons. The molecule has 0 spiro atoms. The first-order valence-electron chi connectivity index (χ1n) is 13.6. The van der Waals surface area contributed by atoms with Gasteiger partial charge in [-0.25, -0.2) is 19.6 Å². The Hall–Kier alpha value is -5.11. The Bertz CT molecular complexity index is 1700. The molecular formula is C30H29N9O2. The summed E-state index contributed by atoms with van der Waals surface area (Å²) in [6.45, 7) is 4.53. The molecule has 3 aromatic heterocycles. The second-order valence-electron chi connectivity index (χ2n) is 10.9. The number of piperidine rings is 1. The van der Waals surface area contributed by atoms with Gasteiger partial charge in [0.25, 0.3) is 11.8 Å². The first kappa shape index (κ1) is 26.1. The number of rotatable bonds is 6. The Morgan fingerprint density at radius 3 is 2.56 bits per heavy atom. The zero-order chi connectivity index (χ0) is 28.7. The smallest absolute Gasteiger partial charge is 0.264 e. The van der Waals surface area contributed by atoms with E-state index < -0.39 is 0 Å². The van der Waals surface area contributed by atoms with Crippen LogP contribution in [-0.4, -0.2) is 54.0 Å². The van der Waals surface area contributed by atoms with Gasteiger partial charge in [0.05, 0.1) is 17.5 Å². The van der Waals surface area contributed by atoms with Crippen LogP contribution < -0.4 is 11.1 Å². The highest BCUT2D eigenvalue weighted by molar-refractivity contribution is 6.04. The van der Waals surface area contributed by atoms with Crippen molar-refractivity contribution in [1.29, 1.82) is 5.26 Å². The standard InChI is InChI=1S/C30H29N9O2/c1-17(2)11-21(14-31)30(41)38-15-18-12-22(38)23(13-18)39-28-25(27(32)34-16-35-28)26(37-39)19-6-8-20(9-7-19)29(40)36-24-5-3-4-10-33-24/h3-11,16-18,22-23H,12-13,15H2,1-2H3,(H2,32,34,35)(H,33,36,40)/b21-11+/t18-,22-,23?/m1/s1. The molecule has 1 aliphatic heterocycles. The summed E-state index contributed by atoms with van der Waals surface area (Å²) in [4.78, 5) is 40.8. The lowest BCUT2D eigenvalue weighted by Crippen LogP contribution is -2.43. The molecule has 2 bridgehead atoms. The summed E-state index contributed by atoms with van der Waals surface area (Å²) in [6.07, 6.45) is 6.44. The minimum atomic E-state index is -0.275. The molecule has 1 saturated heterocycles. The van der Waals surface area contributed by atoms with Gasteiger partial charge in [0.1, 0.15) is 35.3 Å². The predicted molar refractivity (Wildman–Crippen MR) is 153 cm³/mol. The Morgan fingerprint density at radius 1 is 1.10 bits per heavy atom. The lowest BCUT2D eigenvalue weighted by atomic mass is 10.0. The highest BCUT2D eigenvalue weighted by Crippen LogP contribution is 2.46. The lowest BCUT2D eigenvalue weighted by Gasteiger charge is -2.33. The topological polar surface area (TPSA) is 156 Å². The van der Waals surface area contributed by atoms with Crippen molar-refractivity contribution < 1.29 is 9.59 Å². The van der Waals surface area contributed by atoms with Crippen molar-refractivity contribution in [3.63, 3.8) is 0 Å². The molecule has 3 N–H and O–H groups in total. The number of nitriles is 1. The third-order valence-electron chi connectivity index (χ3n) is 7.72. The Morgan fingerprint density at radius 2 is 1.88 bits per heavy atom. The van der Waals surface area contributed by atoms with Crippen LogP contribution in [0.2, 0.25) is 0 Å². The van der Waals surface area contributed by atoms with Crippen molar-refractivity contribution >= 4 is 34.5 Å². The second kappa shape index (κ2) is 10.5. The molecule has 11 heteroatoms. The maximum absolute atomic E-state index is 13.3. The van der Waals surface area contributed by atoms with E-state index in [9.17, 15) is 14.9 Å².